The molecule has 5 nitrogen and oxygen atoms in total. The van der Waals surface area contributed by atoms with Crippen LogP contribution in [0.3, 0.4) is 0 Å². The molecule has 0 amide bonds. The van der Waals surface area contributed by atoms with Crippen LogP contribution >= 0.6 is 0 Å². The van der Waals surface area contributed by atoms with Crippen molar-refractivity contribution in [2.24, 2.45) is 5.92 Å². The van der Waals surface area contributed by atoms with Gasteiger partial charge in [0, 0.05) is 26.1 Å². The number of nitrogens with zero attached hydrogens (tertiary/aromatic N) is 2. The lowest BCUT2D eigenvalue weighted by molar-refractivity contribution is 0.174. The minimum absolute atomic E-state index is 0.342. The molecule has 1 N–H and O–H groups in total. The standard InChI is InChI=1S/C17H21N3O2/c1-12(6-13-2-3-16-17(7-13)22-11-21-16)8-20-5-4-14-15(9-20)19-10-18-14/h2-3,7,10,12H,4-6,8-9,11H2,1H3,(H,18,19)/t12-/m1/s1. The smallest absolute Gasteiger partial charge is 0.231 e. The van der Waals surface area contributed by atoms with Crippen molar-refractivity contribution in [1.82, 2.24) is 14.9 Å². The van der Waals surface area contributed by atoms with Crippen LogP contribution < -0.4 is 9.47 Å². The van der Waals surface area contributed by atoms with Gasteiger partial charge in [-0.3, -0.25) is 4.90 Å². The molecule has 0 fully saturated rings. The highest BCUT2D eigenvalue weighted by molar-refractivity contribution is 5.44. The average Bonchev–Trinajstić information content (AvgIpc) is 3.14. The molecule has 1 atom stereocenters. The van der Waals surface area contributed by atoms with E-state index in [-0.39, 0.29) is 0 Å². The summed E-state index contributed by atoms with van der Waals surface area (Å²) in [5.74, 6) is 2.34. The normalized spacial score (nSPS) is 18.2. The van der Waals surface area contributed by atoms with Gasteiger partial charge in [-0.1, -0.05) is 13.0 Å². The predicted octanol–water partition coefficient (Wildman–Crippen LogP) is 2.38. The number of H-pyrrole nitrogens is 1. The lowest BCUT2D eigenvalue weighted by Crippen LogP contribution is -2.34. The van der Waals surface area contributed by atoms with Gasteiger partial charge in [0.2, 0.25) is 6.79 Å². The summed E-state index contributed by atoms with van der Waals surface area (Å²) in [4.78, 5) is 10.1. The number of fused-ring (bicyclic) bond motifs is 2. The van der Waals surface area contributed by atoms with Gasteiger partial charge >= 0.3 is 0 Å². The van der Waals surface area contributed by atoms with E-state index in [2.05, 4.69) is 33.9 Å². The summed E-state index contributed by atoms with van der Waals surface area (Å²) in [6.45, 7) is 5.85. The quantitative estimate of drug-likeness (QED) is 0.941. The number of ether oxygens (including phenoxy) is 2. The Morgan fingerprint density at radius 2 is 2.23 bits per heavy atom. The van der Waals surface area contributed by atoms with E-state index in [0.717, 1.165) is 44.0 Å². The van der Waals surface area contributed by atoms with Crippen molar-refractivity contribution >= 4 is 0 Å². The van der Waals surface area contributed by atoms with Gasteiger partial charge in [-0.25, -0.2) is 4.98 Å². The van der Waals surface area contributed by atoms with Crippen molar-refractivity contribution in [2.75, 3.05) is 19.9 Å². The van der Waals surface area contributed by atoms with Crippen LogP contribution in [0.5, 0.6) is 11.5 Å². The molecule has 0 aliphatic carbocycles. The third kappa shape index (κ3) is 2.68. The summed E-state index contributed by atoms with van der Waals surface area (Å²) in [5.41, 5.74) is 3.83. The number of rotatable bonds is 4. The molecule has 0 radical (unpaired) electrons. The third-order valence-corrected chi connectivity index (χ3v) is 4.45. The van der Waals surface area contributed by atoms with Crippen LogP contribution in [0.1, 0.15) is 23.9 Å². The Bertz CT molecular complexity index is 668. The predicted molar refractivity (Wildman–Crippen MR) is 83.0 cm³/mol. The summed E-state index contributed by atoms with van der Waals surface area (Å²) in [6, 6.07) is 6.28. The minimum Gasteiger partial charge on any atom is -0.454 e. The van der Waals surface area contributed by atoms with Crippen molar-refractivity contribution < 1.29 is 9.47 Å². The van der Waals surface area contributed by atoms with Gasteiger partial charge < -0.3 is 14.5 Å². The van der Waals surface area contributed by atoms with Gasteiger partial charge in [-0.15, -0.1) is 0 Å². The highest BCUT2D eigenvalue weighted by Gasteiger charge is 2.20. The lowest BCUT2D eigenvalue weighted by atomic mass is 9.99. The van der Waals surface area contributed by atoms with E-state index in [4.69, 9.17) is 9.47 Å². The molecule has 0 bridgehead atoms. The number of aromatic amines is 1. The first-order valence-electron chi connectivity index (χ1n) is 7.90. The highest BCUT2D eigenvalue weighted by atomic mass is 16.7. The summed E-state index contributed by atoms with van der Waals surface area (Å²) in [5, 5.41) is 0. The molecule has 2 aromatic rings. The van der Waals surface area contributed by atoms with Crippen LogP contribution in [0.15, 0.2) is 24.5 Å². The van der Waals surface area contributed by atoms with Crippen LogP contribution in [-0.4, -0.2) is 34.8 Å². The monoisotopic (exact) mass is 299 g/mol. The molecule has 116 valence electrons. The molecule has 1 aromatic carbocycles. The second kappa shape index (κ2) is 5.65. The van der Waals surface area contributed by atoms with E-state index < -0.39 is 0 Å². The molecule has 1 aromatic heterocycles. The van der Waals surface area contributed by atoms with Crippen LogP contribution in [0.25, 0.3) is 0 Å². The number of hydrogen-bond acceptors (Lipinski definition) is 4. The van der Waals surface area contributed by atoms with E-state index in [1.807, 2.05) is 12.4 Å². The third-order valence-electron chi connectivity index (χ3n) is 4.45. The summed E-state index contributed by atoms with van der Waals surface area (Å²) < 4.78 is 10.8. The molecule has 3 heterocycles. The zero-order valence-corrected chi connectivity index (χ0v) is 12.8. The van der Waals surface area contributed by atoms with E-state index in [1.165, 1.54) is 17.0 Å². The Balaban J connectivity index is 1.36. The van der Waals surface area contributed by atoms with Gasteiger partial charge in [-0.05, 0) is 30.0 Å². The van der Waals surface area contributed by atoms with Crippen molar-refractivity contribution in [3.63, 3.8) is 0 Å². The molecule has 2 aliphatic heterocycles. The van der Waals surface area contributed by atoms with Crippen molar-refractivity contribution in [3.8, 4) is 11.5 Å². The first-order valence-corrected chi connectivity index (χ1v) is 7.90. The number of hydrogen-bond donors (Lipinski definition) is 1. The van der Waals surface area contributed by atoms with Gasteiger partial charge in [-0.2, -0.15) is 0 Å². The average molecular weight is 299 g/mol. The van der Waals surface area contributed by atoms with Gasteiger partial charge in [0.05, 0.1) is 17.7 Å². The Hall–Kier alpha value is -2.01. The van der Waals surface area contributed by atoms with E-state index in [9.17, 15) is 0 Å². The maximum Gasteiger partial charge on any atom is 0.231 e. The first kappa shape index (κ1) is 13.6. The molecule has 0 unspecified atom stereocenters. The zero-order valence-electron chi connectivity index (χ0n) is 12.8. The van der Waals surface area contributed by atoms with Crippen molar-refractivity contribution in [2.45, 2.75) is 26.3 Å². The molecule has 22 heavy (non-hydrogen) atoms. The molecular weight excluding hydrogens is 278 g/mol. The van der Waals surface area contributed by atoms with Crippen molar-refractivity contribution in [3.05, 3.63) is 41.5 Å². The number of aromatic nitrogens is 2. The second-order valence-electron chi connectivity index (χ2n) is 6.31. The Labute approximate surface area is 130 Å². The maximum atomic E-state index is 5.46. The fourth-order valence-corrected chi connectivity index (χ4v) is 3.40. The van der Waals surface area contributed by atoms with Crippen LogP contribution in [0.4, 0.5) is 0 Å². The number of imidazole rings is 1. The molecular formula is C17H21N3O2. The molecule has 4 rings (SSSR count). The highest BCUT2D eigenvalue weighted by Crippen LogP contribution is 2.33. The number of benzene rings is 1. The van der Waals surface area contributed by atoms with E-state index >= 15 is 0 Å². The van der Waals surface area contributed by atoms with Crippen LogP contribution in [0, 0.1) is 5.92 Å². The first-order chi connectivity index (χ1) is 10.8. The topological polar surface area (TPSA) is 50.4 Å². The second-order valence-corrected chi connectivity index (χ2v) is 6.31. The van der Waals surface area contributed by atoms with E-state index in [0.29, 0.717) is 12.7 Å². The molecule has 0 saturated carbocycles. The van der Waals surface area contributed by atoms with E-state index in [1.54, 1.807) is 0 Å². The molecule has 0 saturated heterocycles. The Morgan fingerprint density at radius 1 is 1.32 bits per heavy atom. The summed E-state index contributed by atoms with van der Waals surface area (Å²) in [7, 11) is 0. The lowest BCUT2D eigenvalue weighted by Gasteiger charge is -2.28. The van der Waals surface area contributed by atoms with Crippen molar-refractivity contribution in [1.29, 1.82) is 0 Å². The van der Waals surface area contributed by atoms with Gasteiger partial charge in [0.15, 0.2) is 11.5 Å². The van der Waals surface area contributed by atoms with Gasteiger partial charge in [0.25, 0.3) is 0 Å². The van der Waals surface area contributed by atoms with Crippen LogP contribution in [0.2, 0.25) is 0 Å². The van der Waals surface area contributed by atoms with Crippen LogP contribution in [-0.2, 0) is 19.4 Å². The minimum atomic E-state index is 0.342. The Kier molecular flexibility index (Phi) is 3.50. The zero-order chi connectivity index (χ0) is 14.9. The number of nitrogens with one attached hydrogen (secondary N) is 1. The summed E-state index contributed by atoms with van der Waals surface area (Å²) in [6.07, 6.45) is 3.92. The summed E-state index contributed by atoms with van der Waals surface area (Å²) >= 11 is 0. The molecule has 5 heteroatoms. The SMILES string of the molecule is C[C@H](Cc1ccc2c(c1)OCO2)CN1CCc2nc[nH]c2C1. The fraction of sp³-hybridized carbons (Fsp3) is 0.471. The van der Waals surface area contributed by atoms with Gasteiger partial charge in [0.1, 0.15) is 0 Å². The molecule has 0 spiro atoms. The largest absolute Gasteiger partial charge is 0.454 e. The fourth-order valence-electron chi connectivity index (χ4n) is 3.40. The molecule has 2 aliphatic rings. The maximum absolute atomic E-state index is 5.46. The Morgan fingerprint density at radius 3 is 3.18 bits per heavy atom.